The summed E-state index contributed by atoms with van der Waals surface area (Å²) >= 11 is 6.03. The van der Waals surface area contributed by atoms with Crippen LogP contribution in [0.25, 0.3) is 11.4 Å². The number of hydrogen-bond donors (Lipinski definition) is 1. The van der Waals surface area contributed by atoms with Crippen LogP contribution in [-0.4, -0.2) is 78.6 Å². The summed E-state index contributed by atoms with van der Waals surface area (Å²) in [4.78, 5) is 33.1. The van der Waals surface area contributed by atoms with E-state index in [0.29, 0.717) is 65.5 Å². The first-order valence-corrected chi connectivity index (χ1v) is 15.2. The van der Waals surface area contributed by atoms with Gasteiger partial charge in [0.1, 0.15) is 25.8 Å². The van der Waals surface area contributed by atoms with Crippen molar-refractivity contribution in [3.8, 4) is 22.9 Å². The quantitative estimate of drug-likeness (QED) is 0.277. The number of tetrazole rings is 1. The van der Waals surface area contributed by atoms with Gasteiger partial charge in [-0.05, 0) is 72.1 Å². The summed E-state index contributed by atoms with van der Waals surface area (Å²) in [6, 6.07) is 18.7. The standard InChI is InChI=1S/C32H34ClN7O5/c1-38(2)24-11-7-21(8-12-24)30(32(42)34-19-26-4-3-15-43-26)40(25-13-14-27-28(18-25)45-17-16-44-27)29(41)20-39-36-31(35-37-39)22-5-9-23(33)10-6-22/h5-14,18,26,30H,3-4,15-17,19-20H2,1-2H3,(H,34,42)/t26-,30-/m0/s1. The van der Waals surface area contributed by atoms with E-state index >= 15 is 0 Å². The van der Waals surface area contributed by atoms with Crippen LogP contribution in [0.3, 0.4) is 0 Å². The Morgan fingerprint density at radius 3 is 2.42 bits per heavy atom. The van der Waals surface area contributed by atoms with Gasteiger partial charge in [0.25, 0.3) is 5.91 Å². The minimum Gasteiger partial charge on any atom is -0.486 e. The summed E-state index contributed by atoms with van der Waals surface area (Å²) in [7, 11) is 3.88. The number of hydrogen-bond acceptors (Lipinski definition) is 9. The molecule has 1 aromatic heterocycles. The normalized spacial score (nSPS) is 16.2. The Morgan fingerprint density at radius 1 is 0.978 bits per heavy atom. The molecule has 1 N–H and O–H groups in total. The fraction of sp³-hybridized carbons (Fsp3) is 0.344. The molecule has 3 heterocycles. The van der Waals surface area contributed by atoms with Gasteiger partial charge in [-0.25, -0.2) is 0 Å². The average molecular weight is 632 g/mol. The molecule has 1 fully saturated rings. The van der Waals surface area contributed by atoms with Crippen LogP contribution >= 0.6 is 11.6 Å². The highest BCUT2D eigenvalue weighted by atomic mass is 35.5. The molecule has 2 aliphatic rings. The minimum atomic E-state index is -1.03. The zero-order valence-corrected chi connectivity index (χ0v) is 25.8. The Morgan fingerprint density at radius 2 is 1.71 bits per heavy atom. The average Bonchev–Trinajstić information content (AvgIpc) is 3.75. The molecule has 4 aromatic rings. The predicted molar refractivity (Wildman–Crippen MR) is 169 cm³/mol. The number of anilines is 2. The van der Waals surface area contributed by atoms with Gasteiger partial charge in [0.15, 0.2) is 11.5 Å². The van der Waals surface area contributed by atoms with E-state index in [-0.39, 0.29) is 18.6 Å². The van der Waals surface area contributed by atoms with E-state index in [2.05, 4.69) is 20.7 Å². The number of carbonyl (C=O) groups is 2. The van der Waals surface area contributed by atoms with Gasteiger partial charge < -0.3 is 24.4 Å². The maximum atomic E-state index is 14.3. The summed E-state index contributed by atoms with van der Waals surface area (Å²) in [5.41, 5.74) is 2.74. The Balaban J connectivity index is 1.37. The van der Waals surface area contributed by atoms with Crippen molar-refractivity contribution in [2.75, 3.05) is 50.3 Å². The molecule has 12 nitrogen and oxygen atoms in total. The second-order valence-corrected chi connectivity index (χ2v) is 11.4. The molecule has 2 amide bonds. The van der Waals surface area contributed by atoms with Crippen molar-refractivity contribution in [1.29, 1.82) is 0 Å². The number of carbonyl (C=O) groups excluding carboxylic acids is 2. The van der Waals surface area contributed by atoms with Crippen molar-refractivity contribution in [2.24, 2.45) is 0 Å². The summed E-state index contributed by atoms with van der Waals surface area (Å²) in [5, 5.41) is 16.3. The van der Waals surface area contributed by atoms with E-state index in [1.165, 1.54) is 9.70 Å². The van der Waals surface area contributed by atoms with Gasteiger partial charge in [0.2, 0.25) is 11.7 Å². The predicted octanol–water partition coefficient (Wildman–Crippen LogP) is 3.90. The van der Waals surface area contributed by atoms with E-state index < -0.39 is 11.9 Å². The van der Waals surface area contributed by atoms with E-state index in [0.717, 1.165) is 18.5 Å². The smallest absolute Gasteiger partial charge is 0.251 e. The van der Waals surface area contributed by atoms with Crippen LogP contribution in [-0.2, 0) is 20.9 Å². The molecule has 45 heavy (non-hydrogen) atoms. The lowest BCUT2D eigenvalue weighted by atomic mass is 10.0. The molecule has 3 aromatic carbocycles. The second kappa shape index (κ2) is 13.5. The van der Waals surface area contributed by atoms with Crippen LogP contribution in [0, 0.1) is 0 Å². The largest absolute Gasteiger partial charge is 0.486 e. The molecule has 0 saturated carbocycles. The molecular weight excluding hydrogens is 598 g/mol. The number of halogens is 1. The van der Waals surface area contributed by atoms with Crippen LogP contribution in [0.5, 0.6) is 11.5 Å². The maximum absolute atomic E-state index is 14.3. The Hall–Kier alpha value is -4.68. The van der Waals surface area contributed by atoms with Gasteiger partial charge >= 0.3 is 0 Å². The Kier molecular flexibility index (Phi) is 9.13. The van der Waals surface area contributed by atoms with Gasteiger partial charge in [-0.2, -0.15) is 4.80 Å². The van der Waals surface area contributed by atoms with Crippen LogP contribution in [0.1, 0.15) is 24.4 Å². The fourth-order valence-electron chi connectivity index (χ4n) is 5.33. The highest BCUT2D eigenvalue weighted by Crippen LogP contribution is 2.37. The van der Waals surface area contributed by atoms with Gasteiger partial charge in [0, 0.05) is 55.3 Å². The number of ether oxygens (including phenoxy) is 3. The van der Waals surface area contributed by atoms with Crippen LogP contribution in [0.4, 0.5) is 11.4 Å². The molecule has 6 rings (SSSR count). The van der Waals surface area contributed by atoms with Crippen LogP contribution < -0.4 is 24.6 Å². The molecule has 0 radical (unpaired) electrons. The van der Waals surface area contributed by atoms with Crippen LogP contribution in [0.15, 0.2) is 66.7 Å². The summed E-state index contributed by atoms with van der Waals surface area (Å²) < 4.78 is 17.3. The number of nitrogens with zero attached hydrogens (tertiary/aromatic N) is 6. The fourth-order valence-corrected chi connectivity index (χ4v) is 5.46. The van der Waals surface area contributed by atoms with Gasteiger partial charge in [0.05, 0.1) is 6.10 Å². The van der Waals surface area contributed by atoms with E-state index in [1.54, 1.807) is 42.5 Å². The second-order valence-electron chi connectivity index (χ2n) is 11.0. The van der Waals surface area contributed by atoms with Crippen molar-refractivity contribution >= 4 is 34.8 Å². The molecular formula is C32H34ClN7O5. The third kappa shape index (κ3) is 7.02. The van der Waals surface area contributed by atoms with Crippen molar-refractivity contribution < 1.29 is 23.8 Å². The van der Waals surface area contributed by atoms with Crippen molar-refractivity contribution in [3.63, 3.8) is 0 Å². The molecule has 1 saturated heterocycles. The summed E-state index contributed by atoms with van der Waals surface area (Å²) in [5.74, 6) is 0.621. The molecule has 0 spiro atoms. The molecule has 0 unspecified atom stereocenters. The third-order valence-corrected chi connectivity index (χ3v) is 7.92. The zero-order valence-electron chi connectivity index (χ0n) is 25.1. The number of amides is 2. The third-order valence-electron chi connectivity index (χ3n) is 7.66. The lowest BCUT2D eigenvalue weighted by Gasteiger charge is -2.32. The van der Waals surface area contributed by atoms with Crippen molar-refractivity contribution in [3.05, 3.63) is 77.3 Å². The van der Waals surface area contributed by atoms with Crippen molar-refractivity contribution in [1.82, 2.24) is 25.5 Å². The Labute approximate surface area is 265 Å². The first kappa shape index (κ1) is 30.4. The van der Waals surface area contributed by atoms with E-state index in [1.807, 2.05) is 43.3 Å². The molecule has 0 bridgehead atoms. The number of nitrogens with one attached hydrogen (secondary N) is 1. The van der Waals surface area contributed by atoms with Crippen LogP contribution in [0.2, 0.25) is 5.02 Å². The van der Waals surface area contributed by atoms with E-state index in [9.17, 15) is 9.59 Å². The van der Waals surface area contributed by atoms with Gasteiger partial charge in [-0.1, -0.05) is 23.7 Å². The lowest BCUT2D eigenvalue weighted by Crippen LogP contribution is -2.46. The van der Waals surface area contributed by atoms with Gasteiger partial charge in [-0.15, -0.1) is 10.2 Å². The first-order valence-electron chi connectivity index (χ1n) is 14.8. The highest BCUT2D eigenvalue weighted by Gasteiger charge is 2.35. The zero-order chi connectivity index (χ0) is 31.3. The summed E-state index contributed by atoms with van der Waals surface area (Å²) in [6.07, 6.45) is 1.73. The van der Waals surface area contributed by atoms with Gasteiger partial charge in [-0.3, -0.25) is 14.5 Å². The van der Waals surface area contributed by atoms with E-state index in [4.69, 9.17) is 25.8 Å². The first-order chi connectivity index (χ1) is 21.9. The molecule has 2 atom stereocenters. The molecule has 2 aliphatic heterocycles. The number of benzene rings is 3. The number of fused-ring (bicyclic) bond motifs is 1. The lowest BCUT2D eigenvalue weighted by molar-refractivity contribution is -0.127. The molecule has 234 valence electrons. The Bertz CT molecular complexity index is 1640. The topological polar surface area (TPSA) is 124 Å². The molecule has 13 heteroatoms. The monoisotopic (exact) mass is 631 g/mol. The highest BCUT2D eigenvalue weighted by molar-refractivity contribution is 6.30. The molecule has 0 aliphatic carbocycles. The maximum Gasteiger partial charge on any atom is 0.251 e. The number of aromatic nitrogens is 4. The van der Waals surface area contributed by atoms with Crippen molar-refractivity contribution in [2.45, 2.75) is 31.5 Å². The minimum absolute atomic E-state index is 0.0743. The SMILES string of the molecule is CN(C)c1ccc([C@@H](C(=O)NC[C@@H]2CCCO2)N(C(=O)Cn2nnc(-c3ccc(Cl)cc3)n2)c2ccc3c(c2)OCCO3)cc1. The number of rotatable bonds is 10. The summed E-state index contributed by atoms with van der Waals surface area (Å²) in [6.45, 7) is 1.53.